The molecule has 0 aliphatic carbocycles. The molecular weight excluding hydrogens is 1390 g/mol. The second kappa shape index (κ2) is 31.3. The first kappa shape index (κ1) is 72.9. The van der Waals surface area contributed by atoms with Crippen molar-refractivity contribution in [3.8, 4) is 33.4 Å². The number of hydrogen-bond donors (Lipinski definition) is 11. The summed E-state index contributed by atoms with van der Waals surface area (Å²) in [6, 6.07) is 31.0. The molecule has 105 heavy (non-hydrogen) atoms. The number of ether oxygens (including phenoxy) is 1. The number of pyridine rings is 3. The molecule has 0 saturated carbocycles. The number of urea groups is 3. The van der Waals surface area contributed by atoms with Gasteiger partial charge in [-0.05, 0) is 108 Å². The largest absolute Gasteiger partial charge is 0.476 e. The third-order valence-electron chi connectivity index (χ3n) is 15.8. The maximum atomic E-state index is 13.0. The number of morpholine rings is 1. The van der Waals surface area contributed by atoms with E-state index in [0.29, 0.717) is 87.4 Å². The number of fused-ring (bicyclic) bond motifs is 3. The molecule has 1 aliphatic rings. The van der Waals surface area contributed by atoms with Crippen LogP contribution in [0.3, 0.4) is 0 Å². The number of aromatic amines is 2. The number of aliphatic hydroxyl groups is 1. The fourth-order valence-corrected chi connectivity index (χ4v) is 10.8. The molecular formula is C70H56F9N17O9. The van der Waals surface area contributed by atoms with Crippen molar-refractivity contribution in [2.24, 2.45) is 7.05 Å². The molecule has 12 aromatic rings. The number of hydrogen-bond acceptors (Lipinski definition) is 14. The van der Waals surface area contributed by atoms with Crippen molar-refractivity contribution < 1.29 is 83.2 Å². The summed E-state index contributed by atoms with van der Waals surface area (Å²) in [5, 5.41) is 55.5. The number of aromatic carboxylic acids is 1. The Hall–Kier alpha value is -13.3. The summed E-state index contributed by atoms with van der Waals surface area (Å²) >= 11 is 0. The highest BCUT2D eigenvalue weighted by Gasteiger charge is 2.33. The Kier molecular flexibility index (Phi) is 21.7. The van der Waals surface area contributed by atoms with Gasteiger partial charge in [0.05, 0.1) is 66.1 Å². The number of carboxylic acid groups (broad SMARTS) is 1. The molecule has 0 atom stereocenters. The van der Waals surface area contributed by atoms with E-state index in [1.165, 1.54) is 53.5 Å². The van der Waals surface area contributed by atoms with Crippen LogP contribution in [-0.2, 0) is 30.3 Å². The molecule has 6 aromatic carbocycles. The topological polar surface area (TPSA) is 353 Å². The molecule has 538 valence electrons. The third-order valence-corrected chi connectivity index (χ3v) is 15.8. The molecule has 1 saturated heterocycles. The molecule has 13 rings (SSSR count). The van der Waals surface area contributed by atoms with Gasteiger partial charge in [0, 0.05) is 112 Å². The number of amides is 8. The van der Waals surface area contributed by atoms with Crippen LogP contribution in [0.4, 0.5) is 88.0 Å². The number of carbonyl (C=O) groups is 6. The Labute approximate surface area is 586 Å². The van der Waals surface area contributed by atoms with E-state index in [1.807, 2.05) is 0 Å². The molecule has 7 heterocycles. The molecule has 0 radical (unpaired) electrons. The van der Waals surface area contributed by atoms with E-state index in [0.717, 1.165) is 58.5 Å². The molecule has 26 nitrogen and oxygen atoms in total. The first-order valence-electron chi connectivity index (χ1n) is 31.2. The minimum absolute atomic E-state index is 0.00232. The fourth-order valence-electron chi connectivity index (χ4n) is 10.8. The number of aromatic nitrogens is 9. The number of H-pyrrole nitrogens is 2. The third kappa shape index (κ3) is 17.7. The van der Waals surface area contributed by atoms with E-state index in [-0.39, 0.29) is 53.2 Å². The van der Waals surface area contributed by atoms with Gasteiger partial charge in [0.1, 0.15) is 5.52 Å². The molecule has 0 bridgehead atoms. The summed E-state index contributed by atoms with van der Waals surface area (Å²) in [4.78, 5) is 87.8. The van der Waals surface area contributed by atoms with Gasteiger partial charge in [-0.2, -0.15) is 54.8 Å². The number of aryl methyl sites for hydroxylation is 1. The minimum atomic E-state index is -4.51. The van der Waals surface area contributed by atoms with Crippen molar-refractivity contribution >= 4 is 103 Å². The van der Waals surface area contributed by atoms with Crippen molar-refractivity contribution in [2.45, 2.75) is 18.5 Å². The Balaban J connectivity index is 0.000000158. The van der Waals surface area contributed by atoms with Crippen LogP contribution in [0.25, 0.3) is 66.1 Å². The van der Waals surface area contributed by atoms with E-state index >= 15 is 0 Å². The van der Waals surface area contributed by atoms with Crippen LogP contribution in [0.2, 0.25) is 0 Å². The summed E-state index contributed by atoms with van der Waals surface area (Å²) in [5.41, 5.74) is 4.62. The van der Waals surface area contributed by atoms with Crippen LogP contribution in [-0.4, -0.2) is 136 Å². The molecule has 11 N–H and O–H groups in total. The summed E-state index contributed by atoms with van der Waals surface area (Å²) in [5.74, 6) is -1.82. The van der Waals surface area contributed by atoms with Gasteiger partial charge in [0.25, 0.3) is 11.8 Å². The van der Waals surface area contributed by atoms with Gasteiger partial charge in [-0.1, -0.05) is 54.6 Å². The summed E-state index contributed by atoms with van der Waals surface area (Å²) < 4.78 is 122. The van der Waals surface area contributed by atoms with Crippen LogP contribution in [0.5, 0.6) is 0 Å². The normalized spacial score (nSPS) is 12.3. The zero-order valence-corrected chi connectivity index (χ0v) is 54.3. The molecule has 0 spiro atoms. The zero-order chi connectivity index (χ0) is 74.7. The maximum absolute atomic E-state index is 13.0. The summed E-state index contributed by atoms with van der Waals surface area (Å²) in [6.45, 7) is 1.84. The standard InChI is InChI=1S/C25H21F3N6O3.C23H19F3N6O3.C22H16F3N5O3/c26-25(27,28)16-2-1-3-18(12-16)32-24(36)31-17-6-4-15(5-7-17)19-13-29-22(21-20(19)14-30-33-21)23(35)34-8-10-37-11-9-34;24-23(25,26)14-2-1-3-16(10-14)31-22(35)30-15-6-4-13(5-7-15)17-11-28-20(21(34)27-8-9-33)19-18(17)12-29-32-19;1-30-19-17(11-27-30)16(10-26-18(19)20(31)32)12-5-7-14(8-6-12)28-21(33)29-15-4-2-3-13(9-15)22(23,24)25/h1-7,12-14H,8-11H2,(H,30,33)(H2,31,32,36);1-7,10-12,33H,8-9H2,(H,27,34)(H,29,32)(H2,30,31,35);2-11H,1H3,(H,31,32)(H2,28,29,33). The number of carboxylic acids is 1. The number of rotatable bonds is 14. The van der Waals surface area contributed by atoms with Crippen molar-refractivity contribution in [1.29, 1.82) is 0 Å². The quantitative estimate of drug-likeness (QED) is 0.0451. The average Bonchev–Trinajstić information content (AvgIpc) is 1.63. The second-order valence-electron chi connectivity index (χ2n) is 22.8. The van der Waals surface area contributed by atoms with Crippen LogP contribution in [0, 0.1) is 0 Å². The van der Waals surface area contributed by atoms with Crippen LogP contribution in [0.15, 0.2) is 183 Å². The highest BCUT2D eigenvalue weighted by Crippen LogP contribution is 2.37. The van der Waals surface area contributed by atoms with Crippen molar-refractivity contribution in [2.75, 3.05) is 71.4 Å². The van der Waals surface area contributed by atoms with E-state index < -0.39 is 65.2 Å². The molecule has 8 amide bonds. The Morgan fingerprint density at radius 1 is 0.476 bits per heavy atom. The highest BCUT2D eigenvalue weighted by molar-refractivity contribution is 6.10. The highest BCUT2D eigenvalue weighted by atomic mass is 19.4. The molecule has 6 aromatic heterocycles. The van der Waals surface area contributed by atoms with Crippen molar-refractivity contribution in [3.63, 3.8) is 0 Å². The number of benzene rings is 6. The van der Waals surface area contributed by atoms with Gasteiger partial charge < -0.3 is 57.1 Å². The zero-order valence-electron chi connectivity index (χ0n) is 54.3. The number of nitrogens with zero attached hydrogens (tertiary/aromatic N) is 8. The number of alkyl halides is 9. The van der Waals surface area contributed by atoms with Crippen molar-refractivity contribution in [1.82, 2.24) is 55.3 Å². The van der Waals surface area contributed by atoms with Gasteiger partial charge in [0.15, 0.2) is 17.1 Å². The summed E-state index contributed by atoms with van der Waals surface area (Å²) in [7, 11) is 1.62. The SMILES string of the molecule is Cn1ncc2c(-c3ccc(NC(=O)Nc4cccc(C(F)(F)F)c4)cc3)cnc(C(=O)O)c21.O=C(Nc1ccc(-c2cnc(C(=O)N3CCOCC3)c3[nH]ncc23)cc1)Nc1cccc(C(F)(F)F)c1.O=C(Nc1ccc(-c2cnc(C(=O)NCCO)c3[nH]ncc23)cc1)Nc1cccc(C(F)(F)F)c1. The van der Waals surface area contributed by atoms with Gasteiger partial charge in [-0.25, -0.2) is 34.1 Å². The van der Waals surface area contributed by atoms with E-state index in [1.54, 1.807) is 110 Å². The number of aliphatic hydroxyl groups excluding tert-OH is 1. The van der Waals surface area contributed by atoms with Gasteiger partial charge >= 0.3 is 42.6 Å². The minimum Gasteiger partial charge on any atom is -0.476 e. The number of carbonyl (C=O) groups excluding carboxylic acids is 5. The first-order valence-corrected chi connectivity index (χ1v) is 31.2. The van der Waals surface area contributed by atoms with Gasteiger partial charge in [-0.15, -0.1) is 0 Å². The lowest BCUT2D eigenvalue weighted by Crippen LogP contribution is -2.41. The fraction of sp³-hybridized carbons (Fsp3) is 0.143. The molecule has 35 heteroatoms. The number of nitrogens with one attached hydrogen (secondary N) is 9. The second-order valence-corrected chi connectivity index (χ2v) is 22.8. The summed E-state index contributed by atoms with van der Waals surface area (Å²) in [6.07, 6.45) is -4.23. The molecule has 1 fully saturated rings. The lowest BCUT2D eigenvalue weighted by Gasteiger charge is -2.26. The van der Waals surface area contributed by atoms with Gasteiger partial charge in [0.2, 0.25) is 0 Å². The first-order chi connectivity index (χ1) is 50.2. The van der Waals surface area contributed by atoms with Crippen LogP contribution >= 0.6 is 0 Å². The predicted molar refractivity (Wildman–Crippen MR) is 368 cm³/mol. The predicted octanol–water partition coefficient (Wildman–Crippen LogP) is 13.8. The Morgan fingerprint density at radius 3 is 1.24 bits per heavy atom. The Bertz CT molecular complexity index is 5200. The molecule has 1 aliphatic heterocycles. The van der Waals surface area contributed by atoms with E-state index in [4.69, 9.17) is 9.84 Å². The number of halogens is 9. The van der Waals surface area contributed by atoms with E-state index in [9.17, 15) is 73.4 Å². The monoisotopic (exact) mass is 1450 g/mol. The van der Waals surface area contributed by atoms with Crippen LogP contribution in [0.1, 0.15) is 48.2 Å². The van der Waals surface area contributed by atoms with Crippen molar-refractivity contribution in [3.05, 3.63) is 217 Å². The maximum Gasteiger partial charge on any atom is 0.416 e. The lowest BCUT2D eigenvalue weighted by molar-refractivity contribution is -0.138. The van der Waals surface area contributed by atoms with Gasteiger partial charge in [-0.3, -0.25) is 24.5 Å². The lowest BCUT2D eigenvalue weighted by atomic mass is 10.0. The molecule has 0 unspecified atom stereocenters. The van der Waals surface area contributed by atoms with Crippen LogP contribution < -0.4 is 37.2 Å². The smallest absolute Gasteiger partial charge is 0.416 e. The average molecular weight is 1450 g/mol. The Morgan fingerprint density at radius 2 is 0.848 bits per heavy atom. The number of anilines is 6. The van der Waals surface area contributed by atoms with E-state index in [2.05, 4.69) is 77.7 Å².